The van der Waals surface area contributed by atoms with Crippen molar-refractivity contribution in [2.45, 2.75) is 59.5 Å². The number of hydrogen-bond acceptors (Lipinski definition) is 6. The monoisotopic (exact) mass is 432 g/mol. The van der Waals surface area contributed by atoms with Crippen LogP contribution in [0.5, 0.6) is 17.2 Å². The van der Waals surface area contributed by atoms with Gasteiger partial charge in [0.2, 0.25) is 6.29 Å². The first kappa shape index (κ1) is 26.5. The van der Waals surface area contributed by atoms with Gasteiger partial charge in [-0.25, -0.2) is 0 Å². The number of aliphatic hydroxyl groups excluding tert-OH is 3. The highest BCUT2D eigenvalue weighted by atomic mass is 16.6. The number of benzene rings is 2. The lowest BCUT2D eigenvalue weighted by atomic mass is 9.91. The number of hydrogen-bond donors (Lipinski definition) is 5. The highest BCUT2D eigenvalue weighted by molar-refractivity contribution is 5.71. The molecule has 2 aromatic carbocycles. The van der Waals surface area contributed by atoms with E-state index in [-0.39, 0.29) is 23.2 Å². The third-order valence-electron chi connectivity index (χ3n) is 4.68. The molecule has 0 spiro atoms. The van der Waals surface area contributed by atoms with Gasteiger partial charge < -0.3 is 30.3 Å². The van der Waals surface area contributed by atoms with E-state index >= 15 is 0 Å². The smallest absolute Gasteiger partial charge is 0.224 e. The summed E-state index contributed by atoms with van der Waals surface area (Å²) in [5.74, 6) is -0.0179. The Balaban J connectivity index is 0.00000233. The van der Waals surface area contributed by atoms with Crippen molar-refractivity contribution in [1.29, 1.82) is 0 Å². The fourth-order valence-electron chi connectivity index (χ4n) is 2.94. The number of ether oxygens (including phenoxy) is 1. The molecule has 0 aliphatic rings. The maximum absolute atomic E-state index is 10.3. The summed E-state index contributed by atoms with van der Waals surface area (Å²) in [6, 6.07) is 11.1. The Hall–Kier alpha value is -2.54. The van der Waals surface area contributed by atoms with Gasteiger partial charge in [-0.3, -0.25) is 0 Å². The van der Waals surface area contributed by atoms with Crippen LogP contribution in [0.4, 0.5) is 0 Å². The summed E-state index contributed by atoms with van der Waals surface area (Å²) in [7, 11) is 0. The van der Waals surface area contributed by atoms with E-state index in [9.17, 15) is 25.5 Å². The molecule has 2 rings (SSSR count). The van der Waals surface area contributed by atoms with Crippen molar-refractivity contribution < 1.29 is 30.3 Å². The van der Waals surface area contributed by atoms with Gasteiger partial charge in [0.15, 0.2) is 0 Å². The minimum atomic E-state index is -1.55. The first-order chi connectivity index (χ1) is 14.7. The zero-order chi connectivity index (χ0) is 23.6. The Morgan fingerprint density at radius 2 is 1.39 bits per heavy atom. The Labute approximate surface area is 185 Å². The predicted octanol–water partition coefficient (Wildman–Crippen LogP) is 4.40. The lowest BCUT2D eigenvalue weighted by Crippen LogP contribution is -2.41. The molecule has 0 saturated heterocycles. The Morgan fingerprint density at radius 3 is 1.97 bits per heavy atom. The van der Waals surface area contributed by atoms with E-state index in [0.717, 1.165) is 5.56 Å². The van der Waals surface area contributed by atoms with Crippen LogP contribution in [0.15, 0.2) is 42.5 Å². The summed E-state index contributed by atoms with van der Waals surface area (Å²) in [6.45, 7) is 9.59. The summed E-state index contributed by atoms with van der Waals surface area (Å²) in [5.41, 5.74) is 1.49. The van der Waals surface area contributed by atoms with Crippen molar-refractivity contribution in [1.82, 2.24) is 0 Å². The second kappa shape index (κ2) is 13.0. The standard InChI is InChI=1S/C23H30O6.C2H6/c1-14(2)10-21(26)15(3)22(27)23(28)29-20-12-17(11-19(25)13-20)5-4-16-6-8-18(24)9-7-16;1-2/h4-9,11-15,21-28H,10H2,1-3H3;1-2H3/b5-4+;. The van der Waals surface area contributed by atoms with Crippen LogP contribution < -0.4 is 4.74 Å². The highest BCUT2D eigenvalue weighted by Gasteiger charge is 2.30. The Morgan fingerprint density at radius 1 is 0.806 bits per heavy atom. The molecular weight excluding hydrogens is 396 g/mol. The van der Waals surface area contributed by atoms with E-state index in [1.807, 2.05) is 27.7 Å². The van der Waals surface area contributed by atoms with Gasteiger partial charge in [0.1, 0.15) is 23.4 Å². The molecule has 0 bridgehead atoms. The van der Waals surface area contributed by atoms with Crippen molar-refractivity contribution in [2.75, 3.05) is 0 Å². The van der Waals surface area contributed by atoms with Crippen LogP contribution in [0.1, 0.15) is 52.2 Å². The van der Waals surface area contributed by atoms with Gasteiger partial charge in [0.05, 0.1) is 6.10 Å². The predicted molar refractivity (Wildman–Crippen MR) is 124 cm³/mol. The molecule has 0 fully saturated rings. The molecule has 0 aliphatic carbocycles. The first-order valence-corrected chi connectivity index (χ1v) is 10.7. The molecule has 4 unspecified atom stereocenters. The van der Waals surface area contributed by atoms with Crippen LogP contribution in [-0.2, 0) is 0 Å². The SMILES string of the molecule is CC.CC(C)CC(O)C(C)C(O)C(O)Oc1cc(O)cc(/C=C/c2ccc(O)cc2)c1. The number of phenols is 2. The summed E-state index contributed by atoms with van der Waals surface area (Å²) in [5, 5.41) is 50.0. The average molecular weight is 433 g/mol. The van der Waals surface area contributed by atoms with Crippen molar-refractivity contribution in [2.24, 2.45) is 11.8 Å². The molecule has 0 radical (unpaired) electrons. The number of rotatable bonds is 9. The topological polar surface area (TPSA) is 110 Å². The summed E-state index contributed by atoms with van der Waals surface area (Å²) < 4.78 is 5.41. The molecule has 5 N–H and O–H groups in total. The van der Waals surface area contributed by atoms with Gasteiger partial charge in [-0.2, -0.15) is 0 Å². The van der Waals surface area contributed by atoms with E-state index in [1.165, 1.54) is 12.1 Å². The van der Waals surface area contributed by atoms with Gasteiger partial charge in [-0.1, -0.05) is 58.9 Å². The van der Waals surface area contributed by atoms with Crippen molar-refractivity contribution >= 4 is 12.2 Å². The number of phenolic OH excluding ortho intramolecular Hbond substituents is 2. The van der Waals surface area contributed by atoms with Crippen molar-refractivity contribution in [3.8, 4) is 17.2 Å². The molecule has 0 aliphatic heterocycles. The zero-order valence-corrected chi connectivity index (χ0v) is 18.9. The van der Waals surface area contributed by atoms with Gasteiger partial charge in [-0.05, 0) is 47.7 Å². The molecule has 0 saturated carbocycles. The van der Waals surface area contributed by atoms with Crippen molar-refractivity contribution in [3.63, 3.8) is 0 Å². The molecular formula is C25H36O6. The molecule has 4 atom stereocenters. The fraction of sp³-hybridized carbons (Fsp3) is 0.440. The molecule has 172 valence electrons. The third-order valence-corrected chi connectivity index (χ3v) is 4.68. The normalized spacial score (nSPS) is 15.1. The number of aliphatic hydroxyl groups is 3. The van der Waals surface area contributed by atoms with Crippen LogP contribution >= 0.6 is 0 Å². The largest absolute Gasteiger partial charge is 0.508 e. The summed E-state index contributed by atoms with van der Waals surface area (Å²) in [6.07, 6.45) is 0.439. The van der Waals surface area contributed by atoms with E-state index in [1.54, 1.807) is 49.4 Å². The molecule has 6 heteroatoms. The van der Waals surface area contributed by atoms with E-state index < -0.39 is 24.4 Å². The van der Waals surface area contributed by atoms with Gasteiger partial charge in [0, 0.05) is 12.0 Å². The van der Waals surface area contributed by atoms with Crippen LogP contribution in [0, 0.1) is 11.8 Å². The van der Waals surface area contributed by atoms with Gasteiger partial charge in [-0.15, -0.1) is 0 Å². The minimum Gasteiger partial charge on any atom is -0.508 e. The molecule has 0 amide bonds. The van der Waals surface area contributed by atoms with E-state index in [4.69, 9.17) is 4.74 Å². The molecule has 2 aromatic rings. The second-order valence-electron chi connectivity index (χ2n) is 7.74. The second-order valence-corrected chi connectivity index (χ2v) is 7.74. The lowest BCUT2D eigenvalue weighted by molar-refractivity contribution is -0.139. The number of aromatic hydroxyl groups is 2. The maximum atomic E-state index is 10.3. The Bertz CT molecular complexity index is 800. The molecule has 31 heavy (non-hydrogen) atoms. The van der Waals surface area contributed by atoms with Crippen LogP contribution in [-0.4, -0.2) is 44.0 Å². The minimum absolute atomic E-state index is 0.0533. The summed E-state index contributed by atoms with van der Waals surface area (Å²) in [4.78, 5) is 0. The van der Waals surface area contributed by atoms with E-state index in [0.29, 0.717) is 12.0 Å². The fourth-order valence-corrected chi connectivity index (χ4v) is 2.94. The van der Waals surface area contributed by atoms with Crippen LogP contribution in [0.25, 0.3) is 12.2 Å². The lowest BCUT2D eigenvalue weighted by Gasteiger charge is -2.28. The van der Waals surface area contributed by atoms with Gasteiger partial charge >= 0.3 is 0 Å². The van der Waals surface area contributed by atoms with Crippen molar-refractivity contribution in [3.05, 3.63) is 53.6 Å². The van der Waals surface area contributed by atoms with Crippen LogP contribution in [0.3, 0.4) is 0 Å². The Kier molecular flexibility index (Phi) is 11.1. The zero-order valence-electron chi connectivity index (χ0n) is 18.9. The molecule has 6 nitrogen and oxygen atoms in total. The first-order valence-electron chi connectivity index (χ1n) is 10.7. The van der Waals surface area contributed by atoms with Crippen LogP contribution in [0.2, 0.25) is 0 Å². The average Bonchev–Trinajstić information content (AvgIpc) is 2.72. The maximum Gasteiger partial charge on any atom is 0.224 e. The summed E-state index contributed by atoms with van der Waals surface area (Å²) >= 11 is 0. The van der Waals surface area contributed by atoms with E-state index in [2.05, 4.69) is 0 Å². The van der Waals surface area contributed by atoms with Gasteiger partial charge in [0.25, 0.3) is 0 Å². The molecule has 0 aromatic heterocycles. The highest BCUT2D eigenvalue weighted by Crippen LogP contribution is 2.26. The quantitative estimate of drug-likeness (QED) is 0.297. The molecule has 0 heterocycles. The third kappa shape index (κ3) is 9.00.